The van der Waals surface area contributed by atoms with Crippen molar-refractivity contribution < 1.29 is 62.1 Å². The van der Waals surface area contributed by atoms with Gasteiger partial charge >= 0.3 is 11.9 Å². The van der Waals surface area contributed by atoms with Crippen LogP contribution in [0, 0.1) is 30.4 Å². The Bertz CT molecular complexity index is 2480. The summed E-state index contributed by atoms with van der Waals surface area (Å²) in [5.41, 5.74) is 2.35. The van der Waals surface area contributed by atoms with Crippen molar-refractivity contribution in [1.82, 2.24) is 31.2 Å². The van der Waals surface area contributed by atoms with Gasteiger partial charge in [0.05, 0.1) is 18.4 Å². The van der Waals surface area contributed by atoms with Gasteiger partial charge in [-0.25, -0.2) is 13.8 Å². The summed E-state index contributed by atoms with van der Waals surface area (Å²) in [5.74, 6) is -12.9. The number of Topliss-reactive ketones (excluding diaryl/α,β-unsaturated/α-hetero) is 1. The minimum Gasteiger partial charge on any atom is -0.481 e. The molecule has 19 heteroatoms. The van der Waals surface area contributed by atoms with E-state index in [0.717, 1.165) is 34.0 Å². The van der Waals surface area contributed by atoms with E-state index in [-0.39, 0.29) is 18.7 Å². The molecule has 0 radical (unpaired) electrons. The van der Waals surface area contributed by atoms with E-state index in [4.69, 9.17) is 4.74 Å². The molecule has 0 saturated carbocycles. The van der Waals surface area contributed by atoms with Gasteiger partial charge < -0.3 is 41.1 Å². The van der Waals surface area contributed by atoms with Gasteiger partial charge in [-0.2, -0.15) is 0 Å². The van der Waals surface area contributed by atoms with Gasteiger partial charge in [0.1, 0.15) is 42.5 Å². The first-order valence-electron chi connectivity index (χ1n) is 20.8. The molecule has 0 bridgehead atoms. The maximum Gasteiger partial charge on any atom is 0.305 e. The first kappa shape index (κ1) is 48.7. The number of carbonyl (C=O) groups is 8. The number of carboxylic acid groups (broad SMARTS) is 2. The molecule has 5 atom stereocenters. The number of halogens is 2. The van der Waals surface area contributed by atoms with Gasteiger partial charge in [-0.05, 0) is 60.6 Å². The molecule has 2 heterocycles. The fraction of sp³-hybridized carbons (Fsp3) is 0.370. The van der Waals surface area contributed by atoms with E-state index in [0.29, 0.717) is 16.6 Å². The van der Waals surface area contributed by atoms with Gasteiger partial charge in [0.25, 0.3) is 5.91 Å². The second kappa shape index (κ2) is 21.4. The zero-order chi connectivity index (χ0) is 47.7. The molecule has 17 nitrogen and oxygen atoms in total. The number of rotatable bonds is 19. The maximum atomic E-state index is 14.6. The van der Waals surface area contributed by atoms with E-state index in [9.17, 15) is 57.4 Å². The number of fused-ring (bicyclic) bond motifs is 2. The Kier molecular flexibility index (Phi) is 16.0. The van der Waals surface area contributed by atoms with E-state index in [1.807, 2.05) is 19.1 Å². The van der Waals surface area contributed by atoms with Crippen molar-refractivity contribution in [1.29, 1.82) is 0 Å². The highest BCUT2D eigenvalue weighted by Gasteiger charge is 2.42. The van der Waals surface area contributed by atoms with Crippen molar-refractivity contribution in [3.8, 4) is 5.75 Å². The fourth-order valence-corrected chi connectivity index (χ4v) is 7.34. The molecule has 6 N–H and O–H groups in total. The summed E-state index contributed by atoms with van der Waals surface area (Å²) in [4.78, 5) is 113. The van der Waals surface area contributed by atoms with Crippen LogP contribution >= 0.6 is 0 Å². The zero-order valence-electron chi connectivity index (χ0n) is 36.2. The molecule has 4 aromatic rings. The second-order valence-corrected chi connectivity index (χ2v) is 16.3. The molecular formula is C46H50F2N6O11. The molecule has 4 unspecified atom stereocenters. The molecule has 0 saturated heterocycles. The lowest BCUT2D eigenvalue weighted by molar-refractivity contribution is -0.147. The first-order chi connectivity index (χ1) is 30.7. The molecule has 0 aliphatic carbocycles. The minimum atomic E-state index is -1.79. The number of aliphatic carboxylic acids is 2. The number of carboxylic acids is 2. The van der Waals surface area contributed by atoms with Crippen LogP contribution in [0.2, 0.25) is 0 Å². The van der Waals surface area contributed by atoms with Crippen molar-refractivity contribution >= 4 is 58.2 Å². The molecule has 65 heavy (non-hydrogen) atoms. The van der Waals surface area contributed by atoms with E-state index >= 15 is 0 Å². The molecule has 5 amide bonds. The summed E-state index contributed by atoms with van der Waals surface area (Å²) >= 11 is 0. The number of benzene rings is 3. The molecule has 5 rings (SSSR count). The van der Waals surface area contributed by atoms with Crippen LogP contribution in [-0.4, -0.2) is 105 Å². The number of aryl methyl sites for hydroxylation is 1. The molecule has 1 aliphatic rings. The van der Waals surface area contributed by atoms with Crippen LogP contribution in [0.1, 0.15) is 73.8 Å². The number of aromatic nitrogens is 1. The zero-order valence-corrected chi connectivity index (χ0v) is 36.2. The maximum absolute atomic E-state index is 14.6. The molecule has 1 aromatic heterocycles. The lowest BCUT2D eigenvalue weighted by atomic mass is 9.89. The van der Waals surface area contributed by atoms with Crippen molar-refractivity contribution in [3.05, 3.63) is 107 Å². The Morgan fingerprint density at radius 2 is 1.40 bits per heavy atom. The predicted molar refractivity (Wildman–Crippen MR) is 229 cm³/mol. The number of pyridine rings is 1. The number of hydrogen-bond acceptors (Lipinski definition) is 10. The number of nitrogens with one attached hydrogen (secondary N) is 4. The summed E-state index contributed by atoms with van der Waals surface area (Å²) in [5, 5.41) is 30.2. The standard InChI is InChI=1S/C46H50F2N6O11/c1-23(2)38(52-42(60)32-16-14-26-9-6-7-12-31(26)49-32)44(62)51-34(21-37(58)59)43(61)53-39(24(3)4)46(64)54-18-17-27-19-25(5)13-15-28(27)40(54)45(63)50-33(20-36(56)57)35(55)22-65-41-29(47)10-8-11-30(41)48/h6-16,19,23-24,33-34,38-40H,17-18,20-22H2,1-5H3,(H,50,63)(H,51,62)(H,52,60)(H,53,61)(H,56,57)(H,58,59)/t33?,34?,38?,39?,40-/m0/s1. The average Bonchev–Trinajstić information content (AvgIpc) is 3.24. The van der Waals surface area contributed by atoms with Crippen molar-refractivity contribution in [2.45, 2.75) is 84.1 Å². The summed E-state index contributed by atoms with van der Waals surface area (Å²) in [7, 11) is 0. The SMILES string of the molecule is Cc1ccc2c(c1)CCN(C(=O)C(NC(=O)C(CC(=O)O)NC(=O)C(NC(=O)c1ccc3ccccc3n1)C(C)C)C(C)C)[C@@H]2C(=O)NC(CC(=O)O)C(=O)COc1c(F)cccc1F. The summed E-state index contributed by atoms with van der Waals surface area (Å²) in [6.07, 6.45) is -1.65. The number of hydrogen-bond donors (Lipinski definition) is 6. The van der Waals surface area contributed by atoms with Gasteiger partial charge in [-0.3, -0.25) is 38.4 Å². The van der Waals surface area contributed by atoms with Crippen LogP contribution in [0.4, 0.5) is 8.78 Å². The van der Waals surface area contributed by atoms with Gasteiger partial charge in [0, 0.05) is 11.9 Å². The van der Waals surface area contributed by atoms with Crippen LogP contribution in [0.25, 0.3) is 10.9 Å². The van der Waals surface area contributed by atoms with Gasteiger partial charge in [0.2, 0.25) is 23.6 Å². The Labute approximate surface area is 372 Å². The Morgan fingerprint density at radius 3 is 2.05 bits per heavy atom. The highest BCUT2D eigenvalue weighted by atomic mass is 19.1. The molecule has 0 fully saturated rings. The molecule has 1 aliphatic heterocycles. The van der Waals surface area contributed by atoms with Crippen LogP contribution in [0.15, 0.2) is 72.8 Å². The van der Waals surface area contributed by atoms with Gasteiger partial charge in [0.15, 0.2) is 23.2 Å². The smallest absolute Gasteiger partial charge is 0.305 e. The third-order valence-electron chi connectivity index (χ3n) is 10.7. The van der Waals surface area contributed by atoms with E-state index in [1.165, 1.54) is 6.07 Å². The van der Waals surface area contributed by atoms with Crippen molar-refractivity contribution in [3.63, 3.8) is 0 Å². The number of amides is 5. The molecule has 3 aromatic carbocycles. The number of ether oxygens (including phenoxy) is 1. The highest BCUT2D eigenvalue weighted by molar-refractivity contribution is 6.00. The van der Waals surface area contributed by atoms with E-state index in [1.54, 1.807) is 64.1 Å². The van der Waals surface area contributed by atoms with Crippen molar-refractivity contribution in [2.75, 3.05) is 13.2 Å². The molecular weight excluding hydrogens is 851 g/mol. The van der Waals surface area contributed by atoms with E-state index in [2.05, 4.69) is 26.3 Å². The normalized spacial score (nSPS) is 15.2. The lowest BCUT2D eigenvalue weighted by Gasteiger charge is -2.40. The van der Waals surface area contributed by atoms with Gasteiger partial charge in [-0.15, -0.1) is 0 Å². The lowest BCUT2D eigenvalue weighted by Crippen LogP contribution is -2.60. The van der Waals surface area contributed by atoms with Crippen LogP contribution in [-0.2, 0) is 40.0 Å². The minimum absolute atomic E-state index is 0.0113. The topological polar surface area (TPSA) is 250 Å². The summed E-state index contributed by atoms with van der Waals surface area (Å²) < 4.78 is 33.5. The monoisotopic (exact) mass is 900 g/mol. The second-order valence-electron chi connectivity index (χ2n) is 16.3. The Hall–Kier alpha value is -7.31. The van der Waals surface area contributed by atoms with Crippen molar-refractivity contribution in [2.24, 2.45) is 11.8 Å². The molecule has 344 valence electrons. The number of para-hydroxylation sites is 2. The third-order valence-corrected chi connectivity index (χ3v) is 10.7. The predicted octanol–water partition coefficient (Wildman–Crippen LogP) is 3.41. The highest BCUT2D eigenvalue weighted by Crippen LogP contribution is 2.32. The van der Waals surface area contributed by atoms with E-state index < -0.39 is 126 Å². The molecule has 0 spiro atoms. The fourth-order valence-electron chi connectivity index (χ4n) is 7.34. The third kappa shape index (κ3) is 12.2. The van der Waals surface area contributed by atoms with Crippen LogP contribution < -0.4 is 26.0 Å². The Balaban J connectivity index is 1.37. The first-order valence-corrected chi connectivity index (χ1v) is 20.8. The number of ketones is 1. The Morgan fingerprint density at radius 1 is 0.754 bits per heavy atom. The number of carbonyl (C=O) groups excluding carboxylic acids is 6. The van der Waals surface area contributed by atoms with Crippen LogP contribution in [0.3, 0.4) is 0 Å². The quantitative estimate of drug-likeness (QED) is 0.0793. The summed E-state index contributed by atoms with van der Waals surface area (Å²) in [6, 6.07) is 10.4. The average molecular weight is 901 g/mol. The largest absolute Gasteiger partial charge is 0.481 e. The van der Waals surface area contributed by atoms with Gasteiger partial charge in [-0.1, -0.05) is 81.8 Å². The summed E-state index contributed by atoms with van der Waals surface area (Å²) in [6.45, 7) is 7.09. The number of nitrogens with zero attached hydrogens (tertiary/aromatic N) is 2. The van der Waals surface area contributed by atoms with Crippen LogP contribution in [0.5, 0.6) is 5.75 Å².